The number of methoxy groups -OCH3 is 1. The van der Waals surface area contributed by atoms with Gasteiger partial charge in [-0.05, 0) is 24.6 Å². The predicted molar refractivity (Wildman–Crippen MR) is 77.4 cm³/mol. The van der Waals surface area contributed by atoms with E-state index in [2.05, 4.69) is 5.32 Å². The molecule has 110 valence electrons. The molecule has 20 heavy (non-hydrogen) atoms. The first-order valence-electron chi connectivity index (χ1n) is 6.67. The Balaban J connectivity index is 2.94. The molecule has 0 saturated carbocycles. The van der Waals surface area contributed by atoms with Crippen LogP contribution in [0.25, 0.3) is 0 Å². The molecule has 0 heterocycles. The van der Waals surface area contributed by atoms with Crippen molar-refractivity contribution in [3.8, 4) is 5.75 Å². The highest BCUT2D eigenvalue weighted by atomic mass is 16.5. The van der Waals surface area contributed by atoms with E-state index in [1.807, 2.05) is 24.3 Å². The topological polar surface area (TPSA) is 58.6 Å². The van der Waals surface area contributed by atoms with Gasteiger partial charge in [0.15, 0.2) is 0 Å². The fourth-order valence-corrected chi connectivity index (χ4v) is 1.96. The van der Waals surface area contributed by atoms with Crippen molar-refractivity contribution in [2.24, 2.45) is 0 Å². The highest BCUT2D eigenvalue weighted by molar-refractivity contribution is 5.87. The number of nitrogens with one attached hydrogen (secondary N) is 1. The highest BCUT2D eigenvalue weighted by Gasteiger charge is 2.24. The van der Waals surface area contributed by atoms with E-state index in [0.29, 0.717) is 13.0 Å². The largest absolute Gasteiger partial charge is 0.497 e. The van der Waals surface area contributed by atoms with Crippen molar-refractivity contribution in [1.29, 1.82) is 0 Å². The van der Waals surface area contributed by atoms with Crippen molar-refractivity contribution in [2.75, 3.05) is 14.2 Å². The van der Waals surface area contributed by atoms with Gasteiger partial charge in [-0.25, -0.2) is 0 Å². The molecule has 2 amide bonds. The minimum atomic E-state index is -0.501. The molecule has 1 atom stereocenters. The van der Waals surface area contributed by atoms with E-state index in [0.717, 1.165) is 11.3 Å². The molecule has 0 radical (unpaired) electrons. The van der Waals surface area contributed by atoms with Gasteiger partial charge in [-0.15, -0.1) is 0 Å². The Morgan fingerprint density at radius 1 is 1.40 bits per heavy atom. The third-order valence-electron chi connectivity index (χ3n) is 3.20. The van der Waals surface area contributed by atoms with Gasteiger partial charge in [-0.3, -0.25) is 9.59 Å². The number of nitrogens with zero attached hydrogens (tertiary/aromatic N) is 1. The summed E-state index contributed by atoms with van der Waals surface area (Å²) >= 11 is 0. The number of rotatable bonds is 6. The zero-order valence-electron chi connectivity index (χ0n) is 12.5. The van der Waals surface area contributed by atoms with E-state index in [-0.39, 0.29) is 11.8 Å². The summed E-state index contributed by atoms with van der Waals surface area (Å²) in [7, 11) is 3.17. The summed E-state index contributed by atoms with van der Waals surface area (Å²) in [6, 6.07) is 6.99. The Morgan fingerprint density at radius 2 is 2.10 bits per heavy atom. The average molecular weight is 278 g/mol. The van der Waals surface area contributed by atoms with Crippen molar-refractivity contribution >= 4 is 11.8 Å². The molecule has 5 nitrogen and oxygen atoms in total. The van der Waals surface area contributed by atoms with E-state index in [1.54, 1.807) is 32.9 Å². The van der Waals surface area contributed by atoms with Crippen LogP contribution in [-0.4, -0.2) is 36.9 Å². The number of ether oxygens (including phenoxy) is 1. The molecule has 0 spiro atoms. The summed E-state index contributed by atoms with van der Waals surface area (Å²) in [5.41, 5.74) is 0.932. The summed E-state index contributed by atoms with van der Waals surface area (Å²) in [4.78, 5) is 25.4. The minimum Gasteiger partial charge on any atom is -0.497 e. The molecule has 0 saturated heterocycles. The molecule has 0 fully saturated rings. The van der Waals surface area contributed by atoms with Crippen LogP contribution in [0.1, 0.15) is 25.8 Å². The molecular formula is C15H22N2O3. The summed E-state index contributed by atoms with van der Waals surface area (Å²) < 4.78 is 5.17. The van der Waals surface area contributed by atoms with Gasteiger partial charge >= 0.3 is 0 Å². The number of benzene rings is 1. The maximum Gasteiger partial charge on any atom is 0.242 e. The van der Waals surface area contributed by atoms with E-state index < -0.39 is 6.04 Å². The van der Waals surface area contributed by atoms with Crippen molar-refractivity contribution in [1.82, 2.24) is 10.2 Å². The summed E-state index contributed by atoms with van der Waals surface area (Å²) in [6.45, 7) is 3.91. The monoisotopic (exact) mass is 278 g/mol. The number of carbonyl (C=O) groups is 2. The lowest BCUT2D eigenvalue weighted by Gasteiger charge is -2.28. The first-order valence-corrected chi connectivity index (χ1v) is 6.67. The van der Waals surface area contributed by atoms with Crippen molar-refractivity contribution in [3.63, 3.8) is 0 Å². The van der Waals surface area contributed by atoms with Crippen LogP contribution in [0.5, 0.6) is 5.75 Å². The zero-order chi connectivity index (χ0) is 15.1. The second-order valence-electron chi connectivity index (χ2n) is 4.52. The molecule has 0 aromatic heterocycles. The standard InChI is InChI=1S/C15H22N2O3/c1-5-14(18)17(11(2)15(19)16-3)10-12-7-6-8-13(9-12)20-4/h6-9,11H,5,10H2,1-4H3,(H,16,19). The maximum atomic E-state index is 12.0. The average Bonchev–Trinajstić information content (AvgIpc) is 2.50. The summed E-state index contributed by atoms with van der Waals surface area (Å²) in [5.74, 6) is 0.512. The Kier molecular flexibility index (Phi) is 6.03. The van der Waals surface area contributed by atoms with Crippen molar-refractivity contribution < 1.29 is 14.3 Å². The lowest BCUT2D eigenvalue weighted by Crippen LogP contribution is -2.46. The Labute approximate surface area is 119 Å². The molecule has 0 bridgehead atoms. The van der Waals surface area contributed by atoms with Crippen molar-refractivity contribution in [3.05, 3.63) is 29.8 Å². The quantitative estimate of drug-likeness (QED) is 0.859. The highest BCUT2D eigenvalue weighted by Crippen LogP contribution is 2.16. The number of likely N-dealkylation sites (N-methyl/N-ethyl adjacent to an activating group) is 1. The maximum absolute atomic E-state index is 12.0. The molecule has 1 aromatic rings. The Bertz CT molecular complexity index is 474. The fourth-order valence-electron chi connectivity index (χ4n) is 1.96. The molecule has 1 unspecified atom stereocenters. The number of amides is 2. The van der Waals surface area contributed by atoms with Gasteiger partial charge in [0.2, 0.25) is 11.8 Å². The molecule has 1 aromatic carbocycles. The van der Waals surface area contributed by atoms with Gasteiger partial charge in [0, 0.05) is 20.0 Å². The van der Waals surface area contributed by atoms with Crippen LogP contribution in [0.3, 0.4) is 0 Å². The molecule has 5 heteroatoms. The van der Waals surface area contributed by atoms with E-state index in [1.165, 1.54) is 0 Å². The summed E-state index contributed by atoms with van der Waals surface area (Å²) in [5, 5.41) is 2.57. The van der Waals surface area contributed by atoms with Gasteiger partial charge in [0.1, 0.15) is 11.8 Å². The summed E-state index contributed by atoms with van der Waals surface area (Å²) in [6.07, 6.45) is 0.366. The number of hydrogen-bond donors (Lipinski definition) is 1. The first-order chi connectivity index (χ1) is 9.53. The van der Waals surface area contributed by atoms with E-state index in [4.69, 9.17) is 4.74 Å². The van der Waals surface area contributed by atoms with Gasteiger partial charge in [0.25, 0.3) is 0 Å². The van der Waals surface area contributed by atoms with Gasteiger partial charge in [-0.2, -0.15) is 0 Å². The molecule has 1 rings (SSSR count). The zero-order valence-corrected chi connectivity index (χ0v) is 12.5. The Hall–Kier alpha value is -2.04. The Morgan fingerprint density at radius 3 is 2.65 bits per heavy atom. The van der Waals surface area contributed by atoms with Crippen LogP contribution >= 0.6 is 0 Å². The van der Waals surface area contributed by atoms with E-state index in [9.17, 15) is 9.59 Å². The predicted octanol–water partition coefficient (Wildman–Crippen LogP) is 1.57. The van der Waals surface area contributed by atoms with Crippen LogP contribution in [0.4, 0.5) is 0 Å². The van der Waals surface area contributed by atoms with E-state index >= 15 is 0 Å². The SMILES string of the molecule is CCC(=O)N(Cc1cccc(OC)c1)C(C)C(=O)NC. The minimum absolute atomic E-state index is 0.0519. The molecule has 1 N–H and O–H groups in total. The second-order valence-corrected chi connectivity index (χ2v) is 4.52. The third kappa shape index (κ3) is 3.98. The normalized spacial score (nSPS) is 11.6. The second kappa shape index (κ2) is 7.53. The van der Waals surface area contributed by atoms with Gasteiger partial charge < -0.3 is 15.0 Å². The smallest absolute Gasteiger partial charge is 0.242 e. The van der Waals surface area contributed by atoms with Gasteiger partial charge in [-0.1, -0.05) is 19.1 Å². The fraction of sp³-hybridized carbons (Fsp3) is 0.467. The lowest BCUT2D eigenvalue weighted by molar-refractivity contribution is -0.140. The molecular weight excluding hydrogens is 256 g/mol. The number of carbonyl (C=O) groups excluding carboxylic acids is 2. The first kappa shape index (κ1) is 16.0. The molecule has 0 aliphatic heterocycles. The van der Waals surface area contributed by atoms with Crippen molar-refractivity contribution in [2.45, 2.75) is 32.9 Å². The number of hydrogen-bond acceptors (Lipinski definition) is 3. The molecule has 0 aliphatic rings. The van der Waals surface area contributed by atoms with Crippen LogP contribution < -0.4 is 10.1 Å². The third-order valence-corrected chi connectivity index (χ3v) is 3.20. The van der Waals surface area contributed by atoms with Crippen LogP contribution in [0, 0.1) is 0 Å². The van der Waals surface area contributed by atoms with Crippen LogP contribution in [0.2, 0.25) is 0 Å². The lowest BCUT2D eigenvalue weighted by atomic mass is 10.1. The van der Waals surface area contributed by atoms with Crippen LogP contribution in [0.15, 0.2) is 24.3 Å². The molecule has 0 aliphatic carbocycles. The van der Waals surface area contributed by atoms with Crippen LogP contribution in [-0.2, 0) is 16.1 Å². The van der Waals surface area contributed by atoms with Gasteiger partial charge in [0.05, 0.1) is 7.11 Å².